The number of amides is 1. The predicted octanol–water partition coefficient (Wildman–Crippen LogP) is 2.22. The fraction of sp³-hybridized carbons (Fsp3) is 0.556. The largest absolute Gasteiger partial charge is 0.462 e. The lowest BCUT2D eigenvalue weighted by Gasteiger charge is -2.23. The molecule has 1 aliphatic heterocycles. The topological polar surface area (TPSA) is 107 Å². The molecule has 1 fully saturated rings. The van der Waals surface area contributed by atoms with Crippen molar-refractivity contribution >= 4 is 55.0 Å². The van der Waals surface area contributed by atoms with Crippen molar-refractivity contribution in [1.29, 1.82) is 0 Å². The fourth-order valence-corrected chi connectivity index (χ4v) is 7.23. The molecule has 0 spiro atoms. The Labute approximate surface area is 178 Å². The summed E-state index contributed by atoms with van der Waals surface area (Å²) < 4.78 is 28.5. The van der Waals surface area contributed by atoms with Crippen LogP contribution in [0.5, 0.6) is 0 Å². The molecule has 2 aromatic heterocycles. The van der Waals surface area contributed by atoms with Gasteiger partial charge in [-0.2, -0.15) is 0 Å². The Morgan fingerprint density at radius 1 is 1.31 bits per heavy atom. The molecule has 0 radical (unpaired) electrons. The summed E-state index contributed by atoms with van der Waals surface area (Å²) in [6.07, 6.45) is 0.471. The van der Waals surface area contributed by atoms with Crippen LogP contribution >= 0.6 is 23.1 Å². The van der Waals surface area contributed by atoms with Gasteiger partial charge in [0, 0.05) is 18.5 Å². The number of carbonyl (C=O) groups excluding carboxylic acids is 2. The summed E-state index contributed by atoms with van der Waals surface area (Å²) in [5.74, 6) is 0.282. The summed E-state index contributed by atoms with van der Waals surface area (Å²) in [6.45, 7) is 5.63. The van der Waals surface area contributed by atoms with E-state index >= 15 is 0 Å². The molecule has 8 nitrogen and oxygen atoms in total. The molecule has 29 heavy (non-hydrogen) atoms. The van der Waals surface area contributed by atoms with Gasteiger partial charge in [0.15, 0.2) is 9.84 Å². The Morgan fingerprint density at radius 3 is 2.66 bits per heavy atom. The zero-order valence-electron chi connectivity index (χ0n) is 16.7. The smallest absolute Gasteiger partial charge is 0.348 e. The molecule has 0 aromatic carbocycles. The molecule has 158 valence electrons. The molecule has 0 N–H and O–H groups in total. The van der Waals surface area contributed by atoms with E-state index in [0.717, 1.165) is 10.9 Å². The average molecular weight is 458 g/mol. The number of hydrogen-bond donors (Lipinski definition) is 0. The Kier molecular flexibility index (Phi) is 6.49. The second-order valence-corrected chi connectivity index (χ2v) is 11.1. The number of carbonyl (C=O) groups is 2. The maximum Gasteiger partial charge on any atom is 0.348 e. The van der Waals surface area contributed by atoms with Crippen LogP contribution in [-0.4, -0.2) is 72.1 Å². The zero-order chi connectivity index (χ0) is 21.3. The van der Waals surface area contributed by atoms with Gasteiger partial charge >= 0.3 is 5.97 Å². The third kappa shape index (κ3) is 4.72. The van der Waals surface area contributed by atoms with Crippen molar-refractivity contribution in [2.75, 3.05) is 30.9 Å². The summed E-state index contributed by atoms with van der Waals surface area (Å²) in [5.41, 5.74) is 0.744. The van der Waals surface area contributed by atoms with Crippen molar-refractivity contribution < 1.29 is 22.7 Å². The highest BCUT2D eigenvalue weighted by molar-refractivity contribution is 8.00. The highest BCUT2D eigenvalue weighted by Crippen LogP contribution is 2.36. The third-order valence-corrected chi connectivity index (χ3v) is 8.69. The molecule has 1 aliphatic rings. The predicted molar refractivity (Wildman–Crippen MR) is 113 cm³/mol. The highest BCUT2D eigenvalue weighted by Gasteiger charge is 2.32. The first kappa shape index (κ1) is 22.0. The lowest BCUT2D eigenvalue weighted by Crippen LogP contribution is -2.38. The Hall–Kier alpha value is -1.72. The summed E-state index contributed by atoms with van der Waals surface area (Å²) >= 11 is 2.53. The van der Waals surface area contributed by atoms with Crippen LogP contribution in [0, 0.1) is 13.8 Å². The van der Waals surface area contributed by atoms with Crippen LogP contribution in [0.3, 0.4) is 0 Å². The van der Waals surface area contributed by atoms with Gasteiger partial charge in [-0.05, 0) is 32.8 Å². The van der Waals surface area contributed by atoms with E-state index < -0.39 is 9.84 Å². The van der Waals surface area contributed by atoms with E-state index in [1.165, 1.54) is 28.0 Å². The normalized spacial score (nSPS) is 18.1. The van der Waals surface area contributed by atoms with Gasteiger partial charge in [-0.1, -0.05) is 11.8 Å². The number of aryl methyl sites for hydroxylation is 2. The number of ether oxygens (including phenoxy) is 1. The van der Waals surface area contributed by atoms with Crippen molar-refractivity contribution in [3.63, 3.8) is 0 Å². The number of nitrogens with zero attached hydrogens (tertiary/aromatic N) is 3. The fourth-order valence-electron chi connectivity index (χ4n) is 3.22. The molecular weight excluding hydrogens is 434 g/mol. The summed E-state index contributed by atoms with van der Waals surface area (Å²) in [4.78, 5) is 36.4. The second kappa shape index (κ2) is 8.57. The van der Waals surface area contributed by atoms with Gasteiger partial charge in [0.25, 0.3) is 0 Å². The van der Waals surface area contributed by atoms with E-state index in [-0.39, 0.29) is 41.8 Å². The quantitative estimate of drug-likeness (QED) is 0.369. The second-order valence-electron chi connectivity index (χ2n) is 6.88. The summed E-state index contributed by atoms with van der Waals surface area (Å²) in [5, 5.41) is 1.39. The van der Waals surface area contributed by atoms with Crippen molar-refractivity contribution in [3.05, 3.63) is 16.3 Å². The molecule has 11 heteroatoms. The molecule has 0 aliphatic carbocycles. The zero-order valence-corrected chi connectivity index (χ0v) is 19.2. The molecule has 1 saturated heterocycles. The Morgan fingerprint density at radius 2 is 2.03 bits per heavy atom. The van der Waals surface area contributed by atoms with E-state index in [1.807, 2.05) is 6.92 Å². The van der Waals surface area contributed by atoms with Crippen molar-refractivity contribution in [2.24, 2.45) is 0 Å². The van der Waals surface area contributed by atoms with Gasteiger partial charge in [0.1, 0.15) is 20.6 Å². The molecule has 3 heterocycles. The van der Waals surface area contributed by atoms with Gasteiger partial charge in [-0.15, -0.1) is 11.3 Å². The van der Waals surface area contributed by atoms with Crippen molar-refractivity contribution in [1.82, 2.24) is 14.9 Å². The number of fused-ring (bicyclic) bond motifs is 1. The Bertz CT molecular complexity index is 1060. The molecule has 3 rings (SSSR count). The first-order valence-corrected chi connectivity index (χ1v) is 12.8. The maximum atomic E-state index is 12.6. The number of hydrogen-bond acceptors (Lipinski definition) is 9. The van der Waals surface area contributed by atoms with E-state index in [1.54, 1.807) is 20.9 Å². The molecule has 1 atom stereocenters. The van der Waals surface area contributed by atoms with Crippen LogP contribution in [-0.2, 0) is 19.4 Å². The number of thioether (sulfide) groups is 1. The number of rotatable bonds is 6. The molecule has 0 saturated carbocycles. The average Bonchev–Trinajstić information content (AvgIpc) is 3.18. The van der Waals surface area contributed by atoms with Gasteiger partial charge in [0.05, 0.1) is 23.9 Å². The highest BCUT2D eigenvalue weighted by atomic mass is 32.2. The van der Waals surface area contributed by atoms with E-state index in [2.05, 4.69) is 9.97 Å². The molecule has 0 unspecified atom stereocenters. The number of sulfone groups is 1. The summed E-state index contributed by atoms with van der Waals surface area (Å²) in [7, 11) is -1.41. The number of thiophene rings is 1. The van der Waals surface area contributed by atoms with Crippen LogP contribution in [0.4, 0.5) is 0 Å². The Balaban J connectivity index is 1.81. The standard InChI is InChI=1S/C18H23N3O5S3/c1-5-26-18(23)15-10(2)14-16(19-11(3)20-17(14)28-15)27-8-13(22)21(4)12-6-7-29(24,25)9-12/h12H,5-9H2,1-4H3/t12-/m0/s1. The molecule has 0 bridgehead atoms. The minimum atomic E-state index is -3.06. The van der Waals surface area contributed by atoms with Crippen LogP contribution in [0.2, 0.25) is 0 Å². The first-order valence-electron chi connectivity index (χ1n) is 9.16. The number of aromatic nitrogens is 2. The summed E-state index contributed by atoms with van der Waals surface area (Å²) in [6, 6.07) is -0.279. The SMILES string of the molecule is CCOC(=O)c1sc2nc(C)nc(SCC(=O)N(C)[C@H]3CCS(=O)(=O)C3)c2c1C. The van der Waals surface area contributed by atoms with E-state index in [9.17, 15) is 18.0 Å². The lowest BCUT2D eigenvalue weighted by molar-refractivity contribution is -0.128. The van der Waals surface area contributed by atoms with Gasteiger partial charge in [-0.25, -0.2) is 23.2 Å². The molecule has 2 aromatic rings. The monoisotopic (exact) mass is 457 g/mol. The van der Waals surface area contributed by atoms with Crippen molar-refractivity contribution in [2.45, 2.75) is 38.3 Å². The van der Waals surface area contributed by atoms with Crippen LogP contribution in [0.15, 0.2) is 5.03 Å². The van der Waals surface area contributed by atoms with Crippen molar-refractivity contribution in [3.8, 4) is 0 Å². The number of esters is 1. The lowest BCUT2D eigenvalue weighted by atomic mass is 10.2. The van der Waals surface area contributed by atoms with Crippen LogP contribution < -0.4 is 0 Å². The van der Waals surface area contributed by atoms with Gasteiger partial charge in [-0.3, -0.25) is 4.79 Å². The van der Waals surface area contributed by atoms with E-state index in [0.29, 0.717) is 27.0 Å². The van der Waals surface area contributed by atoms with Crippen LogP contribution in [0.1, 0.15) is 34.4 Å². The van der Waals surface area contributed by atoms with Crippen LogP contribution in [0.25, 0.3) is 10.2 Å². The van der Waals surface area contributed by atoms with Gasteiger partial charge in [0.2, 0.25) is 5.91 Å². The first-order chi connectivity index (χ1) is 13.6. The minimum Gasteiger partial charge on any atom is -0.462 e. The minimum absolute atomic E-state index is 0.0172. The third-order valence-electron chi connectivity index (χ3n) is 4.81. The van der Waals surface area contributed by atoms with E-state index in [4.69, 9.17) is 4.74 Å². The maximum absolute atomic E-state index is 12.6. The molecule has 1 amide bonds. The molecular formula is C18H23N3O5S3. The van der Waals surface area contributed by atoms with Gasteiger partial charge < -0.3 is 9.64 Å².